The molecule has 4 heteroatoms. The fraction of sp³-hybridized carbons (Fsp3) is 0.636. The highest BCUT2D eigenvalue weighted by atomic mass is 15.2. The van der Waals surface area contributed by atoms with E-state index in [-0.39, 0.29) is 5.54 Å². The van der Waals surface area contributed by atoms with Gasteiger partial charge in [-0.05, 0) is 27.7 Å². The molecular formula is C11H20N4. The Morgan fingerprint density at radius 3 is 2.40 bits per heavy atom. The van der Waals surface area contributed by atoms with Crippen molar-refractivity contribution in [3.63, 3.8) is 0 Å². The van der Waals surface area contributed by atoms with Gasteiger partial charge in [-0.1, -0.05) is 0 Å². The Morgan fingerprint density at radius 2 is 1.93 bits per heavy atom. The molecule has 0 atom stereocenters. The fourth-order valence-electron chi connectivity index (χ4n) is 1.32. The fourth-order valence-corrected chi connectivity index (χ4v) is 1.32. The Morgan fingerprint density at radius 1 is 1.33 bits per heavy atom. The molecule has 0 aliphatic rings. The third-order valence-electron chi connectivity index (χ3n) is 2.70. The number of likely N-dealkylation sites (N-methyl/N-ethyl adjacent to an activating group) is 1. The van der Waals surface area contributed by atoms with Crippen LogP contribution in [0.4, 0.5) is 5.82 Å². The van der Waals surface area contributed by atoms with E-state index >= 15 is 0 Å². The molecule has 1 aromatic rings. The molecule has 1 aromatic heterocycles. The largest absolute Gasteiger partial charge is 0.353 e. The Bertz CT molecular complexity index is 326. The predicted molar refractivity (Wildman–Crippen MR) is 63.0 cm³/mol. The normalized spacial score (nSPS) is 11.6. The van der Waals surface area contributed by atoms with E-state index in [0.717, 1.165) is 17.3 Å². The van der Waals surface area contributed by atoms with Crippen LogP contribution in [0.25, 0.3) is 0 Å². The molecule has 0 aliphatic heterocycles. The van der Waals surface area contributed by atoms with Gasteiger partial charge in [0, 0.05) is 30.9 Å². The third-order valence-corrected chi connectivity index (χ3v) is 2.70. The monoisotopic (exact) mass is 208 g/mol. The predicted octanol–water partition coefficient (Wildman–Crippen LogP) is 1.27. The molecule has 4 nitrogen and oxygen atoms in total. The molecule has 0 aromatic carbocycles. The second-order valence-corrected chi connectivity index (χ2v) is 4.49. The average Bonchev–Trinajstić information content (AvgIpc) is 2.15. The van der Waals surface area contributed by atoms with Gasteiger partial charge in [-0.25, -0.2) is 9.97 Å². The summed E-state index contributed by atoms with van der Waals surface area (Å²) in [4.78, 5) is 10.8. The topological polar surface area (TPSA) is 55.0 Å². The summed E-state index contributed by atoms with van der Waals surface area (Å²) < 4.78 is 0. The van der Waals surface area contributed by atoms with E-state index in [4.69, 9.17) is 5.73 Å². The summed E-state index contributed by atoms with van der Waals surface area (Å²) in [5.74, 6) is 1.72. The zero-order valence-corrected chi connectivity index (χ0v) is 10.2. The summed E-state index contributed by atoms with van der Waals surface area (Å²) in [6.07, 6.45) is 0. The van der Waals surface area contributed by atoms with Crippen LogP contribution in [-0.2, 0) is 0 Å². The molecule has 1 heterocycles. The van der Waals surface area contributed by atoms with Crippen molar-refractivity contribution in [2.24, 2.45) is 5.73 Å². The van der Waals surface area contributed by atoms with Gasteiger partial charge in [0.2, 0.25) is 0 Å². The second kappa shape index (κ2) is 4.14. The maximum atomic E-state index is 5.74. The first kappa shape index (κ1) is 11.9. The first-order valence-corrected chi connectivity index (χ1v) is 5.13. The first-order chi connectivity index (χ1) is 6.86. The van der Waals surface area contributed by atoms with Crippen LogP contribution in [-0.4, -0.2) is 29.1 Å². The lowest BCUT2D eigenvalue weighted by molar-refractivity contribution is 0.494. The van der Waals surface area contributed by atoms with E-state index < -0.39 is 0 Å². The zero-order chi connectivity index (χ0) is 11.6. The minimum atomic E-state index is -0.0900. The van der Waals surface area contributed by atoms with Crippen LogP contribution >= 0.6 is 0 Å². The standard InChI is InChI=1S/C11H20N4/c1-8-6-10(14-9(2)13-8)15(5)11(3,4)7-12/h6H,7,12H2,1-5H3. The van der Waals surface area contributed by atoms with Crippen LogP contribution in [0.1, 0.15) is 25.4 Å². The number of aryl methyl sites for hydroxylation is 2. The molecule has 0 unspecified atom stereocenters. The molecule has 0 saturated carbocycles. The highest BCUT2D eigenvalue weighted by molar-refractivity contribution is 5.41. The summed E-state index contributed by atoms with van der Waals surface area (Å²) in [6.45, 7) is 8.66. The van der Waals surface area contributed by atoms with Crippen molar-refractivity contribution >= 4 is 5.82 Å². The van der Waals surface area contributed by atoms with Gasteiger partial charge in [0.1, 0.15) is 11.6 Å². The maximum Gasteiger partial charge on any atom is 0.132 e. The third kappa shape index (κ3) is 2.65. The molecule has 0 fully saturated rings. The van der Waals surface area contributed by atoms with E-state index in [0.29, 0.717) is 6.54 Å². The Balaban J connectivity index is 3.06. The lowest BCUT2D eigenvalue weighted by Gasteiger charge is -2.35. The zero-order valence-electron chi connectivity index (χ0n) is 10.2. The summed E-state index contributed by atoms with van der Waals surface area (Å²) in [5.41, 5.74) is 6.63. The van der Waals surface area contributed by atoms with Crippen LogP contribution in [0.5, 0.6) is 0 Å². The van der Waals surface area contributed by atoms with Gasteiger partial charge in [0.25, 0.3) is 0 Å². The van der Waals surface area contributed by atoms with Gasteiger partial charge in [-0.3, -0.25) is 0 Å². The van der Waals surface area contributed by atoms with Gasteiger partial charge in [-0.2, -0.15) is 0 Å². The Hall–Kier alpha value is -1.16. The van der Waals surface area contributed by atoms with E-state index in [1.807, 2.05) is 27.0 Å². The minimum absolute atomic E-state index is 0.0900. The molecule has 0 radical (unpaired) electrons. The van der Waals surface area contributed by atoms with Crippen molar-refractivity contribution in [2.75, 3.05) is 18.5 Å². The van der Waals surface area contributed by atoms with Crippen molar-refractivity contribution < 1.29 is 0 Å². The molecule has 0 amide bonds. The van der Waals surface area contributed by atoms with E-state index in [1.165, 1.54) is 0 Å². The molecule has 0 spiro atoms. The number of nitrogens with two attached hydrogens (primary N) is 1. The summed E-state index contributed by atoms with van der Waals surface area (Å²) in [6, 6.07) is 1.98. The SMILES string of the molecule is Cc1cc(N(C)C(C)(C)CN)nc(C)n1. The molecule has 0 aliphatic carbocycles. The van der Waals surface area contributed by atoms with Crippen LogP contribution in [0.3, 0.4) is 0 Å². The molecule has 2 N–H and O–H groups in total. The van der Waals surface area contributed by atoms with Gasteiger partial charge in [0.15, 0.2) is 0 Å². The summed E-state index contributed by atoms with van der Waals surface area (Å²) in [5, 5.41) is 0. The molecule has 84 valence electrons. The Kier molecular flexibility index (Phi) is 3.29. The second-order valence-electron chi connectivity index (χ2n) is 4.49. The number of rotatable bonds is 3. The van der Waals surface area contributed by atoms with Crippen molar-refractivity contribution in [3.8, 4) is 0 Å². The summed E-state index contributed by atoms with van der Waals surface area (Å²) >= 11 is 0. The van der Waals surface area contributed by atoms with Crippen LogP contribution in [0.2, 0.25) is 0 Å². The number of aromatic nitrogens is 2. The number of anilines is 1. The van der Waals surface area contributed by atoms with Crippen molar-refractivity contribution in [1.82, 2.24) is 9.97 Å². The molecule has 0 bridgehead atoms. The van der Waals surface area contributed by atoms with Crippen molar-refractivity contribution in [3.05, 3.63) is 17.6 Å². The van der Waals surface area contributed by atoms with Crippen LogP contribution in [0.15, 0.2) is 6.07 Å². The van der Waals surface area contributed by atoms with Gasteiger partial charge in [0.05, 0.1) is 0 Å². The minimum Gasteiger partial charge on any atom is -0.353 e. The molecular weight excluding hydrogens is 188 g/mol. The van der Waals surface area contributed by atoms with E-state index in [2.05, 4.69) is 28.7 Å². The number of hydrogen-bond donors (Lipinski definition) is 1. The number of nitrogens with zero attached hydrogens (tertiary/aromatic N) is 3. The number of hydrogen-bond acceptors (Lipinski definition) is 4. The first-order valence-electron chi connectivity index (χ1n) is 5.13. The van der Waals surface area contributed by atoms with Gasteiger partial charge < -0.3 is 10.6 Å². The summed E-state index contributed by atoms with van der Waals surface area (Å²) in [7, 11) is 2.01. The molecule has 0 saturated heterocycles. The molecule has 1 rings (SSSR count). The Labute approximate surface area is 91.5 Å². The highest BCUT2D eigenvalue weighted by Crippen LogP contribution is 2.19. The highest BCUT2D eigenvalue weighted by Gasteiger charge is 2.23. The lowest BCUT2D eigenvalue weighted by Crippen LogP contribution is -2.47. The van der Waals surface area contributed by atoms with Gasteiger partial charge >= 0.3 is 0 Å². The van der Waals surface area contributed by atoms with E-state index in [9.17, 15) is 0 Å². The molecule has 15 heavy (non-hydrogen) atoms. The lowest BCUT2D eigenvalue weighted by atomic mass is 10.0. The van der Waals surface area contributed by atoms with E-state index in [1.54, 1.807) is 0 Å². The quantitative estimate of drug-likeness (QED) is 0.812. The van der Waals surface area contributed by atoms with Gasteiger partial charge in [-0.15, -0.1) is 0 Å². The maximum absolute atomic E-state index is 5.74. The van der Waals surface area contributed by atoms with Crippen molar-refractivity contribution in [2.45, 2.75) is 33.2 Å². The average molecular weight is 208 g/mol. The smallest absolute Gasteiger partial charge is 0.132 e. The van der Waals surface area contributed by atoms with Crippen molar-refractivity contribution in [1.29, 1.82) is 0 Å². The van der Waals surface area contributed by atoms with Crippen LogP contribution < -0.4 is 10.6 Å². The van der Waals surface area contributed by atoms with Crippen LogP contribution in [0, 0.1) is 13.8 Å².